The van der Waals surface area contributed by atoms with E-state index in [9.17, 15) is 0 Å². The van der Waals surface area contributed by atoms with Gasteiger partial charge in [-0.2, -0.15) is 0 Å². The molecule has 0 amide bonds. The molecule has 0 N–H and O–H groups in total. The van der Waals surface area contributed by atoms with Crippen LogP contribution in [0, 0.1) is 0 Å². The zero-order valence-corrected chi connectivity index (χ0v) is 23.0. The highest BCUT2D eigenvalue weighted by molar-refractivity contribution is 7.26. The molecule has 192 valence electrons. The van der Waals surface area contributed by atoms with Gasteiger partial charge in [0, 0.05) is 61.7 Å². The Morgan fingerprint density at radius 2 is 0.927 bits per heavy atom. The minimum Gasteiger partial charge on any atom is -0.264 e. The second-order valence-corrected chi connectivity index (χ2v) is 11.3. The van der Waals surface area contributed by atoms with E-state index < -0.39 is 0 Å². The molecular formula is C38H24N2S. The summed E-state index contributed by atoms with van der Waals surface area (Å²) in [4.78, 5) is 8.79. The molecule has 0 saturated carbocycles. The number of fused-ring (bicyclic) bond motifs is 4. The number of benzene rings is 5. The maximum atomic E-state index is 4.39. The molecule has 0 aliphatic heterocycles. The molecule has 3 heterocycles. The van der Waals surface area contributed by atoms with E-state index in [-0.39, 0.29) is 0 Å². The Morgan fingerprint density at radius 3 is 1.61 bits per heavy atom. The lowest BCUT2D eigenvalue weighted by Crippen LogP contribution is -1.87. The second-order valence-electron chi connectivity index (χ2n) is 10.3. The minimum atomic E-state index is 1.10. The summed E-state index contributed by atoms with van der Waals surface area (Å²) < 4.78 is 2.62. The first-order valence-corrected chi connectivity index (χ1v) is 14.5. The Bertz CT molecular complexity index is 2140. The van der Waals surface area contributed by atoms with Gasteiger partial charge in [-0.05, 0) is 68.9 Å². The Kier molecular flexibility index (Phi) is 5.68. The highest BCUT2D eigenvalue weighted by Gasteiger charge is 2.16. The highest BCUT2D eigenvalue weighted by atomic mass is 32.1. The zero-order valence-electron chi connectivity index (χ0n) is 22.2. The van der Waals surface area contributed by atoms with Gasteiger partial charge in [-0.1, -0.05) is 91.0 Å². The number of hydrogen-bond donors (Lipinski definition) is 0. The molecule has 0 unspecified atom stereocenters. The fourth-order valence-electron chi connectivity index (χ4n) is 5.90. The lowest BCUT2D eigenvalue weighted by molar-refractivity contribution is 1.32. The van der Waals surface area contributed by atoms with Crippen molar-refractivity contribution in [2.24, 2.45) is 0 Å². The van der Waals surface area contributed by atoms with Crippen LogP contribution in [0.1, 0.15) is 0 Å². The summed E-state index contributed by atoms with van der Waals surface area (Å²) >= 11 is 1.89. The maximum Gasteiger partial charge on any atom is 0.0434 e. The van der Waals surface area contributed by atoms with Gasteiger partial charge in [0.2, 0.25) is 0 Å². The summed E-state index contributed by atoms with van der Waals surface area (Å²) in [5, 5.41) is 5.14. The van der Waals surface area contributed by atoms with Gasteiger partial charge in [0.05, 0.1) is 0 Å². The average molecular weight is 541 g/mol. The van der Waals surface area contributed by atoms with Crippen molar-refractivity contribution in [3.8, 4) is 44.5 Å². The summed E-state index contributed by atoms with van der Waals surface area (Å²) in [6.07, 6.45) is 7.51. The average Bonchev–Trinajstić information content (AvgIpc) is 3.44. The predicted octanol–water partition coefficient (Wildman–Crippen LogP) is 10.7. The Hall–Kier alpha value is -5.12. The Balaban J connectivity index is 1.38. The zero-order chi connectivity index (χ0) is 27.2. The summed E-state index contributed by atoms with van der Waals surface area (Å²) in [6, 6.07) is 43.7. The third-order valence-electron chi connectivity index (χ3n) is 7.84. The van der Waals surface area contributed by atoms with Crippen LogP contribution >= 0.6 is 11.3 Å². The standard InChI is InChI=1S/C38H24N2S/c1-2-12-31-25(8-1)9-3-14-33(31)34-15-5-17-36-35-16-4-13-32(37(35)41-38(34)36)30-21-28(26-10-6-18-39-23-26)20-29(22-30)27-11-7-19-40-24-27/h1-24H. The molecule has 8 rings (SSSR count). The molecule has 0 spiro atoms. The molecule has 3 heteroatoms. The quantitative estimate of drug-likeness (QED) is 0.222. The van der Waals surface area contributed by atoms with Crippen molar-refractivity contribution in [1.29, 1.82) is 0 Å². The molecule has 3 aromatic heterocycles. The number of pyridine rings is 2. The molecule has 41 heavy (non-hydrogen) atoms. The molecule has 0 fully saturated rings. The molecule has 8 aromatic rings. The van der Waals surface area contributed by atoms with Gasteiger partial charge in [-0.25, -0.2) is 0 Å². The molecule has 0 aliphatic rings. The Morgan fingerprint density at radius 1 is 0.390 bits per heavy atom. The van der Waals surface area contributed by atoms with E-state index >= 15 is 0 Å². The molecule has 5 aromatic carbocycles. The molecule has 0 aliphatic carbocycles. The SMILES string of the molecule is c1cncc(-c2cc(-c3cccnc3)cc(-c3cccc4c3sc3c(-c5cccc6ccccc56)cccc34)c2)c1. The van der Waals surface area contributed by atoms with Crippen molar-refractivity contribution < 1.29 is 0 Å². The second kappa shape index (κ2) is 9.81. The molecule has 0 atom stereocenters. The molecule has 0 saturated heterocycles. The van der Waals surface area contributed by atoms with Gasteiger partial charge in [-0.15, -0.1) is 11.3 Å². The normalized spacial score (nSPS) is 11.4. The van der Waals surface area contributed by atoms with Gasteiger partial charge in [0.15, 0.2) is 0 Å². The summed E-state index contributed by atoms with van der Waals surface area (Å²) in [5.41, 5.74) is 9.47. The van der Waals surface area contributed by atoms with Gasteiger partial charge < -0.3 is 0 Å². The van der Waals surface area contributed by atoms with Crippen LogP contribution in [0.25, 0.3) is 75.5 Å². The van der Waals surface area contributed by atoms with Crippen LogP contribution in [0.15, 0.2) is 146 Å². The summed E-state index contributed by atoms with van der Waals surface area (Å²) in [5.74, 6) is 0. The Labute approximate surface area is 242 Å². The van der Waals surface area contributed by atoms with Crippen LogP contribution in [0.3, 0.4) is 0 Å². The number of thiophene rings is 1. The van der Waals surface area contributed by atoms with E-state index in [1.54, 1.807) is 0 Å². The van der Waals surface area contributed by atoms with E-state index in [1.165, 1.54) is 53.2 Å². The van der Waals surface area contributed by atoms with Crippen molar-refractivity contribution in [1.82, 2.24) is 9.97 Å². The summed E-state index contributed by atoms with van der Waals surface area (Å²) in [7, 11) is 0. The van der Waals surface area contributed by atoms with Gasteiger partial charge >= 0.3 is 0 Å². The van der Waals surface area contributed by atoms with E-state index in [0.29, 0.717) is 0 Å². The van der Waals surface area contributed by atoms with E-state index in [4.69, 9.17) is 0 Å². The first-order valence-electron chi connectivity index (χ1n) is 13.7. The van der Waals surface area contributed by atoms with Crippen molar-refractivity contribution in [2.45, 2.75) is 0 Å². The molecular weight excluding hydrogens is 516 g/mol. The predicted molar refractivity (Wildman–Crippen MR) is 174 cm³/mol. The van der Waals surface area contributed by atoms with Gasteiger partial charge in [-0.3, -0.25) is 9.97 Å². The van der Waals surface area contributed by atoms with Crippen molar-refractivity contribution in [3.05, 3.63) is 146 Å². The number of rotatable bonds is 4. The monoisotopic (exact) mass is 540 g/mol. The first kappa shape index (κ1) is 23.7. The lowest BCUT2D eigenvalue weighted by atomic mass is 9.93. The van der Waals surface area contributed by atoms with Gasteiger partial charge in [0.1, 0.15) is 0 Å². The van der Waals surface area contributed by atoms with Crippen molar-refractivity contribution >= 4 is 42.3 Å². The van der Waals surface area contributed by atoms with Crippen LogP contribution in [-0.4, -0.2) is 9.97 Å². The lowest BCUT2D eigenvalue weighted by Gasteiger charge is -2.11. The third-order valence-corrected chi connectivity index (χ3v) is 9.13. The third kappa shape index (κ3) is 4.10. The van der Waals surface area contributed by atoms with E-state index in [1.807, 2.05) is 48.3 Å². The number of nitrogens with zero attached hydrogens (tertiary/aromatic N) is 2. The number of aromatic nitrogens is 2. The molecule has 0 bridgehead atoms. The van der Waals surface area contributed by atoms with Crippen LogP contribution in [0.5, 0.6) is 0 Å². The van der Waals surface area contributed by atoms with Crippen LogP contribution in [-0.2, 0) is 0 Å². The van der Waals surface area contributed by atoms with Crippen LogP contribution in [0.4, 0.5) is 0 Å². The van der Waals surface area contributed by atoms with Crippen molar-refractivity contribution in [2.75, 3.05) is 0 Å². The van der Waals surface area contributed by atoms with Crippen LogP contribution in [0.2, 0.25) is 0 Å². The van der Waals surface area contributed by atoms with E-state index in [2.05, 4.69) is 119 Å². The van der Waals surface area contributed by atoms with Crippen molar-refractivity contribution in [3.63, 3.8) is 0 Å². The first-order chi connectivity index (χ1) is 20.3. The van der Waals surface area contributed by atoms with Gasteiger partial charge in [0.25, 0.3) is 0 Å². The largest absolute Gasteiger partial charge is 0.264 e. The fraction of sp³-hybridized carbons (Fsp3) is 0. The summed E-state index contributed by atoms with van der Waals surface area (Å²) in [6.45, 7) is 0. The minimum absolute atomic E-state index is 1.10. The fourth-order valence-corrected chi connectivity index (χ4v) is 7.27. The topological polar surface area (TPSA) is 25.8 Å². The van der Waals surface area contributed by atoms with Crippen LogP contribution < -0.4 is 0 Å². The maximum absolute atomic E-state index is 4.39. The smallest absolute Gasteiger partial charge is 0.0434 e. The van der Waals surface area contributed by atoms with E-state index in [0.717, 1.165) is 22.3 Å². The highest BCUT2D eigenvalue weighted by Crippen LogP contribution is 2.45. The molecule has 2 nitrogen and oxygen atoms in total. The number of hydrogen-bond acceptors (Lipinski definition) is 3. The molecule has 0 radical (unpaired) electrons.